The van der Waals surface area contributed by atoms with Gasteiger partial charge in [-0.2, -0.15) is 0 Å². The average molecular weight is 372 g/mol. The number of amides is 1. The van der Waals surface area contributed by atoms with Crippen molar-refractivity contribution in [1.29, 1.82) is 0 Å². The fraction of sp³-hybridized carbons (Fsp3) is 0.400. The monoisotopic (exact) mass is 372 g/mol. The van der Waals surface area contributed by atoms with Gasteiger partial charge in [-0.1, -0.05) is 12.1 Å². The van der Waals surface area contributed by atoms with Crippen LogP contribution in [0.3, 0.4) is 0 Å². The van der Waals surface area contributed by atoms with Gasteiger partial charge in [0.25, 0.3) is 5.91 Å². The van der Waals surface area contributed by atoms with Gasteiger partial charge in [0.2, 0.25) is 0 Å². The van der Waals surface area contributed by atoms with Crippen LogP contribution >= 0.6 is 11.3 Å². The van der Waals surface area contributed by atoms with E-state index in [2.05, 4.69) is 22.3 Å². The van der Waals surface area contributed by atoms with E-state index < -0.39 is 0 Å². The van der Waals surface area contributed by atoms with Crippen LogP contribution < -0.4 is 10.1 Å². The Morgan fingerprint density at radius 3 is 2.92 bits per heavy atom. The van der Waals surface area contributed by atoms with Crippen molar-refractivity contribution in [2.24, 2.45) is 0 Å². The first-order chi connectivity index (χ1) is 12.5. The number of piperidine rings is 1. The lowest BCUT2D eigenvalue weighted by molar-refractivity contribution is 0.0901. The number of likely N-dealkylation sites (tertiary alicyclic amines) is 1. The van der Waals surface area contributed by atoms with Gasteiger partial charge in [0.05, 0.1) is 17.6 Å². The fourth-order valence-corrected chi connectivity index (χ4v) is 4.04. The first-order valence-electron chi connectivity index (χ1n) is 8.81. The van der Waals surface area contributed by atoms with E-state index in [0.29, 0.717) is 10.4 Å². The number of Topliss-reactive ketones (excluding diaryl/α,β-unsaturated/α-hetero) is 1. The number of thiophene rings is 1. The number of nitrogens with one attached hydrogen (secondary N) is 1. The van der Waals surface area contributed by atoms with Gasteiger partial charge in [-0.25, -0.2) is 0 Å². The quantitative estimate of drug-likeness (QED) is 0.790. The lowest BCUT2D eigenvalue weighted by atomic mass is 10.0. The Hall–Kier alpha value is -2.18. The molecule has 5 nitrogen and oxygen atoms in total. The highest BCUT2D eigenvalue weighted by Crippen LogP contribution is 2.19. The lowest BCUT2D eigenvalue weighted by Crippen LogP contribution is -2.47. The van der Waals surface area contributed by atoms with E-state index in [1.165, 1.54) is 23.8 Å². The van der Waals surface area contributed by atoms with Gasteiger partial charge >= 0.3 is 0 Å². The van der Waals surface area contributed by atoms with Crippen molar-refractivity contribution >= 4 is 23.0 Å². The summed E-state index contributed by atoms with van der Waals surface area (Å²) < 4.78 is 5.29. The minimum absolute atomic E-state index is 0.00354. The molecule has 1 N–H and O–H groups in total. The van der Waals surface area contributed by atoms with Crippen LogP contribution in [0.25, 0.3) is 0 Å². The summed E-state index contributed by atoms with van der Waals surface area (Å²) >= 11 is 1.32. The molecule has 0 aliphatic carbocycles. The highest BCUT2D eigenvalue weighted by atomic mass is 32.1. The number of ketones is 1. The first-order valence-corrected chi connectivity index (χ1v) is 9.68. The van der Waals surface area contributed by atoms with Crippen molar-refractivity contribution in [2.45, 2.75) is 32.4 Å². The predicted octanol–water partition coefficient (Wildman–Crippen LogP) is 3.35. The Morgan fingerprint density at radius 2 is 2.19 bits per heavy atom. The molecule has 26 heavy (non-hydrogen) atoms. The second kappa shape index (κ2) is 8.47. The zero-order valence-corrected chi connectivity index (χ0v) is 16.0. The highest BCUT2D eigenvalue weighted by molar-refractivity contribution is 7.12. The van der Waals surface area contributed by atoms with Crippen LogP contribution in [-0.4, -0.2) is 42.8 Å². The molecule has 0 radical (unpaired) electrons. The number of rotatable bonds is 6. The largest absolute Gasteiger partial charge is 0.497 e. The summed E-state index contributed by atoms with van der Waals surface area (Å²) in [7, 11) is 1.67. The first kappa shape index (κ1) is 18.6. The number of ether oxygens (including phenoxy) is 1. The van der Waals surface area contributed by atoms with Crippen LogP contribution in [-0.2, 0) is 6.54 Å². The van der Waals surface area contributed by atoms with Crippen LogP contribution in [0.2, 0.25) is 0 Å². The van der Waals surface area contributed by atoms with Gasteiger partial charge in [0, 0.05) is 24.5 Å². The maximum Gasteiger partial charge on any atom is 0.252 e. The molecule has 1 aliphatic rings. The van der Waals surface area contributed by atoms with Gasteiger partial charge in [-0.15, -0.1) is 11.3 Å². The Kier molecular flexibility index (Phi) is 6.06. The average Bonchev–Trinajstić information content (AvgIpc) is 3.13. The SMILES string of the molecule is COc1cccc(CN2CCC[C@H](NC(=O)c3csc(C(C)=O)c3)C2)c1. The minimum atomic E-state index is -0.0954. The maximum atomic E-state index is 12.4. The Bertz CT molecular complexity index is 787. The molecule has 2 aromatic rings. The molecular formula is C20H24N2O3S. The molecular weight excluding hydrogens is 348 g/mol. The summed E-state index contributed by atoms with van der Waals surface area (Å²) in [6.45, 7) is 4.21. The standard InChI is InChI=1S/C20H24N2O3S/c1-14(23)19-10-16(13-26-19)20(24)21-17-6-4-8-22(12-17)11-15-5-3-7-18(9-15)25-2/h3,5,7,9-10,13,17H,4,6,8,11-12H2,1-2H3,(H,21,24)/t17-/m0/s1. The summed E-state index contributed by atoms with van der Waals surface area (Å²) in [6.07, 6.45) is 2.03. The molecule has 138 valence electrons. The molecule has 0 spiro atoms. The lowest BCUT2D eigenvalue weighted by Gasteiger charge is -2.33. The van der Waals surface area contributed by atoms with Crippen LogP contribution in [0.15, 0.2) is 35.7 Å². The number of carbonyl (C=O) groups is 2. The van der Waals surface area contributed by atoms with Crippen molar-refractivity contribution in [2.75, 3.05) is 20.2 Å². The van der Waals surface area contributed by atoms with Crippen molar-refractivity contribution in [3.05, 3.63) is 51.7 Å². The number of hydrogen-bond donors (Lipinski definition) is 1. The van der Waals surface area contributed by atoms with Gasteiger partial charge in [0.15, 0.2) is 5.78 Å². The number of carbonyl (C=O) groups excluding carboxylic acids is 2. The number of hydrogen-bond acceptors (Lipinski definition) is 5. The predicted molar refractivity (Wildman–Crippen MR) is 103 cm³/mol. The smallest absolute Gasteiger partial charge is 0.252 e. The van der Waals surface area contributed by atoms with Crippen molar-refractivity contribution in [3.8, 4) is 5.75 Å². The second-order valence-corrected chi connectivity index (χ2v) is 7.57. The summed E-state index contributed by atoms with van der Waals surface area (Å²) in [5.74, 6) is 0.765. The molecule has 6 heteroatoms. The van der Waals surface area contributed by atoms with E-state index in [-0.39, 0.29) is 17.7 Å². The molecule has 1 atom stereocenters. The number of benzene rings is 1. The fourth-order valence-electron chi connectivity index (χ4n) is 3.25. The number of methoxy groups -OCH3 is 1. The van der Waals surface area contributed by atoms with E-state index in [0.717, 1.165) is 38.2 Å². The maximum absolute atomic E-state index is 12.4. The minimum Gasteiger partial charge on any atom is -0.497 e. The van der Waals surface area contributed by atoms with Crippen molar-refractivity contribution < 1.29 is 14.3 Å². The molecule has 1 aromatic carbocycles. The summed E-state index contributed by atoms with van der Waals surface area (Å²) in [5.41, 5.74) is 1.78. The van der Waals surface area contributed by atoms with Crippen LogP contribution in [0.1, 0.15) is 45.4 Å². The summed E-state index contributed by atoms with van der Waals surface area (Å²) in [6, 6.07) is 9.90. The van der Waals surface area contributed by atoms with Crippen LogP contribution in [0.4, 0.5) is 0 Å². The molecule has 1 fully saturated rings. The number of nitrogens with zero attached hydrogens (tertiary/aromatic N) is 1. The molecule has 2 heterocycles. The van der Waals surface area contributed by atoms with Crippen molar-refractivity contribution in [3.63, 3.8) is 0 Å². The van der Waals surface area contributed by atoms with E-state index in [1.807, 2.05) is 12.1 Å². The Labute approximate surface area is 158 Å². The molecule has 0 unspecified atom stereocenters. The topological polar surface area (TPSA) is 58.6 Å². The zero-order valence-electron chi connectivity index (χ0n) is 15.2. The van der Waals surface area contributed by atoms with Crippen molar-refractivity contribution in [1.82, 2.24) is 10.2 Å². The Balaban J connectivity index is 1.57. The summed E-state index contributed by atoms with van der Waals surface area (Å²) in [5, 5.41) is 4.87. The molecule has 1 aliphatic heterocycles. The highest BCUT2D eigenvalue weighted by Gasteiger charge is 2.22. The third kappa shape index (κ3) is 4.71. The van der Waals surface area contributed by atoms with Crippen LogP contribution in [0, 0.1) is 0 Å². The molecule has 0 saturated carbocycles. The summed E-state index contributed by atoms with van der Waals surface area (Å²) in [4.78, 5) is 26.8. The third-order valence-corrected chi connectivity index (χ3v) is 5.62. The molecule has 1 aromatic heterocycles. The molecule has 3 rings (SSSR count). The van der Waals surface area contributed by atoms with E-state index in [1.54, 1.807) is 18.6 Å². The second-order valence-electron chi connectivity index (χ2n) is 6.66. The van der Waals surface area contributed by atoms with Gasteiger partial charge in [-0.3, -0.25) is 14.5 Å². The molecule has 1 amide bonds. The van der Waals surface area contributed by atoms with E-state index >= 15 is 0 Å². The normalized spacial score (nSPS) is 17.7. The van der Waals surface area contributed by atoms with E-state index in [4.69, 9.17) is 4.74 Å². The van der Waals surface area contributed by atoms with Gasteiger partial charge in [-0.05, 0) is 50.1 Å². The Morgan fingerprint density at radius 1 is 1.35 bits per heavy atom. The zero-order chi connectivity index (χ0) is 18.5. The molecule has 0 bridgehead atoms. The van der Waals surface area contributed by atoms with Crippen LogP contribution in [0.5, 0.6) is 5.75 Å². The van der Waals surface area contributed by atoms with Gasteiger partial charge < -0.3 is 10.1 Å². The van der Waals surface area contributed by atoms with Gasteiger partial charge in [0.1, 0.15) is 5.75 Å². The van der Waals surface area contributed by atoms with E-state index in [9.17, 15) is 9.59 Å². The molecule has 1 saturated heterocycles. The third-order valence-electron chi connectivity index (χ3n) is 4.59.